The van der Waals surface area contributed by atoms with Gasteiger partial charge >= 0.3 is 0 Å². The number of carbonyl (C=O) groups excluding carboxylic acids is 1. The number of aliphatic carboxylic acids is 1. The molecule has 0 aliphatic heterocycles. The summed E-state index contributed by atoms with van der Waals surface area (Å²) in [5, 5.41) is 10.5. The molecule has 4 heteroatoms. The Hall–Kier alpha value is -1.03. The van der Waals surface area contributed by atoms with Crippen molar-refractivity contribution in [2.45, 2.75) is 26.9 Å². The third-order valence-corrected chi connectivity index (χ3v) is 2.51. The van der Waals surface area contributed by atoms with Gasteiger partial charge in [-0.1, -0.05) is 15.9 Å². The summed E-state index contributed by atoms with van der Waals surface area (Å²) in [6, 6.07) is 3.76. The number of benzene rings is 1. The normalized spacial score (nSPS) is 12.3. The van der Waals surface area contributed by atoms with E-state index in [1.54, 1.807) is 0 Å². The van der Waals surface area contributed by atoms with Crippen molar-refractivity contribution in [3.63, 3.8) is 0 Å². The Morgan fingerprint density at radius 2 is 1.87 bits per heavy atom. The third kappa shape index (κ3) is 2.96. The zero-order chi connectivity index (χ0) is 11.6. The Morgan fingerprint density at radius 1 is 1.40 bits per heavy atom. The van der Waals surface area contributed by atoms with Crippen LogP contribution < -0.4 is 9.84 Å². The van der Waals surface area contributed by atoms with Crippen molar-refractivity contribution in [1.82, 2.24) is 0 Å². The van der Waals surface area contributed by atoms with Crippen molar-refractivity contribution in [3.8, 4) is 5.75 Å². The van der Waals surface area contributed by atoms with Gasteiger partial charge in [0.05, 0.1) is 5.97 Å². The van der Waals surface area contributed by atoms with Gasteiger partial charge in [0.1, 0.15) is 11.9 Å². The van der Waals surface area contributed by atoms with Crippen LogP contribution in [0.1, 0.15) is 18.1 Å². The minimum absolute atomic E-state index is 0.606. The first-order chi connectivity index (χ1) is 6.91. The van der Waals surface area contributed by atoms with Gasteiger partial charge < -0.3 is 14.6 Å². The maximum Gasteiger partial charge on any atom is 0.135 e. The zero-order valence-corrected chi connectivity index (χ0v) is 10.4. The van der Waals surface area contributed by atoms with E-state index in [0.717, 1.165) is 15.6 Å². The third-order valence-electron chi connectivity index (χ3n) is 2.05. The molecule has 0 unspecified atom stereocenters. The van der Waals surface area contributed by atoms with Crippen LogP contribution in [0.4, 0.5) is 0 Å². The molecule has 1 rings (SSSR count). The highest BCUT2D eigenvalue weighted by atomic mass is 79.9. The van der Waals surface area contributed by atoms with E-state index in [2.05, 4.69) is 15.9 Å². The highest BCUT2D eigenvalue weighted by molar-refractivity contribution is 9.10. The molecule has 1 aromatic rings. The van der Waals surface area contributed by atoms with Gasteiger partial charge in [-0.05, 0) is 44.0 Å². The molecule has 3 nitrogen and oxygen atoms in total. The second-order valence-electron chi connectivity index (χ2n) is 3.45. The van der Waals surface area contributed by atoms with Crippen molar-refractivity contribution in [1.29, 1.82) is 0 Å². The summed E-state index contributed by atoms with van der Waals surface area (Å²) in [4.78, 5) is 10.5. The minimum atomic E-state index is -1.21. The predicted octanol–water partition coefficient (Wildman–Crippen LogP) is 1.58. The number of carbonyl (C=O) groups is 1. The van der Waals surface area contributed by atoms with Crippen LogP contribution in [0.5, 0.6) is 5.75 Å². The summed E-state index contributed by atoms with van der Waals surface area (Å²) in [6.45, 7) is 5.19. The molecule has 0 saturated heterocycles. The SMILES string of the molecule is Cc1cc(Br)cc(C)c1O[C@@H](C)C(=O)[O-]. The van der Waals surface area contributed by atoms with Crippen molar-refractivity contribution >= 4 is 21.9 Å². The highest BCUT2D eigenvalue weighted by Crippen LogP contribution is 2.27. The van der Waals surface area contributed by atoms with E-state index in [9.17, 15) is 9.90 Å². The van der Waals surface area contributed by atoms with E-state index in [0.29, 0.717) is 5.75 Å². The number of ether oxygens (including phenoxy) is 1. The van der Waals surface area contributed by atoms with Crippen LogP contribution in [0.3, 0.4) is 0 Å². The molecule has 82 valence electrons. The maximum absolute atomic E-state index is 10.5. The number of hydrogen-bond donors (Lipinski definition) is 0. The Bertz CT molecular complexity index is 364. The molecule has 15 heavy (non-hydrogen) atoms. The van der Waals surface area contributed by atoms with Crippen LogP contribution in [-0.4, -0.2) is 12.1 Å². The van der Waals surface area contributed by atoms with Crippen molar-refractivity contribution in [2.75, 3.05) is 0 Å². The number of carboxylic acids is 1. The van der Waals surface area contributed by atoms with Gasteiger partial charge in [0.25, 0.3) is 0 Å². The highest BCUT2D eigenvalue weighted by Gasteiger charge is 2.10. The molecule has 0 heterocycles. The second kappa shape index (κ2) is 4.66. The van der Waals surface area contributed by atoms with Crippen LogP contribution in [-0.2, 0) is 4.79 Å². The van der Waals surface area contributed by atoms with Gasteiger partial charge in [0.15, 0.2) is 0 Å². The fraction of sp³-hybridized carbons (Fsp3) is 0.364. The Kier molecular flexibility index (Phi) is 3.74. The van der Waals surface area contributed by atoms with Gasteiger partial charge in [-0.25, -0.2) is 0 Å². The van der Waals surface area contributed by atoms with Crippen molar-refractivity contribution < 1.29 is 14.6 Å². The molecule has 0 radical (unpaired) electrons. The average Bonchev–Trinajstić information content (AvgIpc) is 2.10. The van der Waals surface area contributed by atoms with E-state index in [1.807, 2.05) is 26.0 Å². The lowest BCUT2D eigenvalue weighted by Crippen LogP contribution is -2.37. The average molecular weight is 272 g/mol. The van der Waals surface area contributed by atoms with Gasteiger partial charge in [-0.15, -0.1) is 0 Å². The topological polar surface area (TPSA) is 49.4 Å². The molecule has 0 bridgehead atoms. The fourth-order valence-electron chi connectivity index (χ4n) is 1.31. The van der Waals surface area contributed by atoms with Crippen LogP contribution in [0.2, 0.25) is 0 Å². The minimum Gasteiger partial charge on any atom is -0.546 e. The van der Waals surface area contributed by atoms with E-state index in [4.69, 9.17) is 4.74 Å². The fourth-order valence-corrected chi connectivity index (χ4v) is 1.99. The monoisotopic (exact) mass is 271 g/mol. The second-order valence-corrected chi connectivity index (χ2v) is 4.36. The molecule has 1 aromatic carbocycles. The molecule has 0 amide bonds. The number of rotatable bonds is 3. The summed E-state index contributed by atoms with van der Waals surface area (Å²) < 4.78 is 6.26. The lowest BCUT2D eigenvalue weighted by Gasteiger charge is -2.19. The standard InChI is InChI=1S/C11H13BrO3/c1-6-4-9(12)5-7(2)10(6)15-8(3)11(13)14/h4-5,8H,1-3H3,(H,13,14)/p-1/t8-/m0/s1. The van der Waals surface area contributed by atoms with Gasteiger partial charge in [0, 0.05) is 4.47 Å². The van der Waals surface area contributed by atoms with Crippen molar-refractivity contribution in [3.05, 3.63) is 27.7 Å². The van der Waals surface area contributed by atoms with Crippen LogP contribution in [0, 0.1) is 13.8 Å². The Balaban J connectivity index is 3.00. The summed E-state index contributed by atoms with van der Waals surface area (Å²) in [7, 11) is 0. The molecule has 1 atom stereocenters. The van der Waals surface area contributed by atoms with E-state index < -0.39 is 12.1 Å². The lowest BCUT2D eigenvalue weighted by atomic mass is 10.1. The van der Waals surface area contributed by atoms with E-state index in [-0.39, 0.29) is 0 Å². The van der Waals surface area contributed by atoms with Gasteiger partial charge in [-0.2, -0.15) is 0 Å². The molecular formula is C11H12BrO3-. The molecular weight excluding hydrogens is 260 g/mol. The van der Waals surface area contributed by atoms with Crippen LogP contribution >= 0.6 is 15.9 Å². The van der Waals surface area contributed by atoms with E-state index in [1.165, 1.54) is 6.92 Å². The smallest absolute Gasteiger partial charge is 0.135 e. The summed E-state index contributed by atoms with van der Waals surface area (Å²) in [5.74, 6) is -0.605. The first kappa shape index (κ1) is 12.0. The molecule has 0 spiro atoms. The van der Waals surface area contributed by atoms with Gasteiger partial charge in [-0.3, -0.25) is 0 Å². The first-order valence-electron chi connectivity index (χ1n) is 4.56. The zero-order valence-electron chi connectivity index (χ0n) is 8.83. The van der Waals surface area contributed by atoms with E-state index >= 15 is 0 Å². The molecule has 0 aromatic heterocycles. The summed E-state index contributed by atoms with van der Waals surface area (Å²) in [5.41, 5.74) is 1.80. The Labute approximate surface area is 97.2 Å². The van der Waals surface area contributed by atoms with Crippen molar-refractivity contribution in [2.24, 2.45) is 0 Å². The number of aryl methyl sites for hydroxylation is 2. The van der Waals surface area contributed by atoms with Crippen LogP contribution in [0.15, 0.2) is 16.6 Å². The quantitative estimate of drug-likeness (QED) is 0.839. The maximum atomic E-state index is 10.5. The Morgan fingerprint density at radius 3 is 2.27 bits per heavy atom. The molecule has 0 fully saturated rings. The lowest BCUT2D eigenvalue weighted by molar-refractivity contribution is -0.312. The molecule has 0 aliphatic carbocycles. The summed E-state index contributed by atoms with van der Waals surface area (Å²) in [6.07, 6.45) is -0.941. The molecule has 0 saturated carbocycles. The number of carboxylic acid groups (broad SMARTS) is 1. The van der Waals surface area contributed by atoms with Gasteiger partial charge in [0.2, 0.25) is 0 Å². The summed E-state index contributed by atoms with van der Waals surface area (Å²) >= 11 is 3.36. The predicted molar refractivity (Wildman–Crippen MR) is 58.7 cm³/mol. The molecule has 0 aliphatic rings. The molecule has 0 N–H and O–H groups in total. The number of halogens is 1. The first-order valence-corrected chi connectivity index (χ1v) is 5.35. The largest absolute Gasteiger partial charge is 0.546 e. The number of hydrogen-bond acceptors (Lipinski definition) is 3. The van der Waals surface area contributed by atoms with Crippen LogP contribution in [0.25, 0.3) is 0 Å².